The molecule has 0 atom stereocenters. The number of ether oxygens (including phenoxy) is 1. The fraction of sp³-hybridized carbons (Fsp3) is 0.111. The molecule has 0 saturated heterocycles. The van der Waals surface area contributed by atoms with Crippen LogP contribution >= 0.6 is 22.9 Å². The van der Waals surface area contributed by atoms with Crippen LogP contribution in [0.3, 0.4) is 0 Å². The highest BCUT2D eigenvalue weighted by Gasteiger charge is 2.30. The van der Waals surface area contributed by atoms with Gasteiger partial charge in [0, 0.05) is 5.56 Å². The van der Waals surface area contributed by atoms with Gasteiger partial charge in [0.1, 0.15) is 22.2 Å². The Balaban J connectivity index is 1.89. The summed E-state index contributed by atoms with van der Waals surface area (Å²) in [5.41, 5.74) is -0.508. The Labute approximate surface area is 165 Å². The van der Waals surface area contributed by atoms with Gasteiger partial charge in [0.25, 0.3) is 0 Å². The van der Waals surface area contributed by atoms with Gasteiger partial charge in [-0.2, -0.15) is 13.2 Å². The molecule has 146 valence electrons. The van der Waals surface area contributed by atoms with Gasteiger partial charge in [0.05, 0.1) is 10.6 Å². The van der Waals surface area contributed by atoms with E-state index in [4.69, 9.17) is 16.3 Å². The minimum atomic E-state index is -4.48. The molecule has 1 aromatic heterocycles. The van der Waals surface area contributed by atoms with Gasteiger partial charge in [0.15, 0.2) is 11.6 Å². The molecule has 0 saturated carbocycles. The van der Waals surface area contributed by atoms with Crippen molar-refractivity contribution in [2.24, 2.45) is 0 Å². The minimum Gasteiger partial charge on any atom is -0.483 e. The van der Waals surface area contributed by atoms with Crippen molar-refractivity contribution in [2.75, 3.05) is 0 Å². The molecule has 0 fully saturated rings. The van der Waals surface area contributed by atoms with Gasteiger partial charge in [-0.15, -0.1) is 11.3 Å². The first kappa shape index (κ1) is 20.1. The van der Waals surface area contributed by atoms with E-state index < -0.39 is 23.5 Å². The summed E-state index contributed by atoms with van der Waals surface area (Å²) in [6.07, 6.45) is -4.48. The Kier molecular flexibility index (Phi) is 5.57. The summed E-state index contributed by atoms with van der Waals surface area (Å²) in [5, 5.41) is 9.56. The third-order valence-electron chi connectivity index (χ3n) is 3.62. The maximum atomic E-state index is 13.8. The van der Waals surface area contributed by atoms with Crippen molar-refractivity contribution in [2.45, 2.75) is 12.8 Å². The molecular weight excluding hydrogens is 422 g/mol. The van der Waals surface area contributed by atoms with Crippen molar-refractivity contribution in [3.8, 4) is 16.3 Å². The summed E-state index contributed by atoms with van der Waals surface area (Å²) in [4.78, 5) is 15.4. The predicted molar refractivity (Wildman–Crippen MR) is 95.3 cm³/mol. The van der Waals surface area contributed by atoms with Gasteiger partial charge in [-0.25, -0.2) is 14.2 Å². The van der Waals surface area contributed by atoms with Crippen LogP contribution in [-0.2, 0) is 12.8 Å². The first-order chi connectivity index (χ1) is 13.2. The summed E-state index contributed by atoms with van der Waals surface area (Å²) in [7, 11) is 0. The number of carboxylic acid groups (broad SMARTS) is 1. The number of thiazole rings is 1. The molecule has 3 aromatic rings. The monoisotopic (exact) mass is 431 g/mol. The predicted octanol–water partition coefficient (Wildman–Crippen LogP) is 5.90. The number of carbonyl (C=O) groups is 1. The largest absolute Gasteiger partial charge is 0.483 e. The van der Waals surface area contributed by atoms with Gasteiger partial charge < -0.3 is 9.84 Å². The third kappa shape index (κ3) is 4.26. The van der Waals surface area contributed by atoms with E-state index in [1.165, 1.54) is 24.3 Å². The lowest BCUT2D eigenvalue weighted by Gasteiger charge is -2.08. The fourth-order valence-electron chi connectivity index (χ4n) is 2.30. The molecule has 0 radical (unpaired) electrons. The maximum Gasteiger partial charge on any atom is 0.416 e. The number of benzene rings is 2. The molecule has 0 aliphatic heterocycles. The van der Waals surface area contributed by atoms with Gasteiger partial charge >= 0.3 is 12.1 Å². The first-order valence-corrected chi connectivity index (χ1v) is 8.83. The topological polar surface area (TPSA) is 59.4 Å². The molecule has 1 N–H and O–H groups in total. The van der Waals surface area contributed by atoms with Crippen molar-refractivity contribution < 1.29 is 32.2 Å². The van der Waals surface area contributed by atoms with Gasteiger partial charge in [-0.05, 0) is 24.3 Å². The number of carboxylic acids is 1. The second-order valence-corrected chi connectivity index (χ2v) is 6.92. The summed E-state index contributed by atoms with van der Waals surface area (Å²) in [6.45, 7) is -0.376. The van der Waals surface area contributed by atoms with E-state index >= 15 is 0 Å². The molecule has 0 unspecified atom stereocenters. The zero-order valence-corrected chi connectivity index (χ0v) is 15.3. The number of nitrogens with zero attached hydrogens (tertiary/aromatic N) is 1. The lowest BCUT2D eigenvalue weighted by Crippen LogP contribution is -2.04. The molecule has 10 heteroatoms. The Morgan fingerprint density at radius 3 is 2.43 bits per heavy atom. The Hall–Kier alpha value is -2.65. The van der Waals surface area contributed by atoms with Crippen LogP contribution in [0, 0.1) is 5.82 Å². The SMILES string of the molecule is O=C(O)c1sc(-c2ccc(C(F)(F)F)cc2)nc1COc1c(F)cccc1Cl. The number of rotatable bonds is 5. The van der Waals surface area contributed by atoms with E-state index in [-0.39, 0.29) is 33.0 Å². The average Bonchev–Trinajstić information content (AvgIpc) is 3.05. The zero-order valence-electron chi connectivity index (χ0n) is 13.8. The van der Waals surface area contributed by atoms with Crippen LogP contribution in [0.25, 0.3) is 10.6 Å². The molecule has 0 aliphatic carbocycles. The first-order valence-electron chi connectivity index (χ1n) is 7.64. The second-order valence-electron chi connectivity index (χ2n) is 5.51. The molecule has 4 nitrogen and oxygen atoms in total. The van der Waals surface area contributed by atoms with E-state index in [9.17, 15) is 27.5 Å². The van der Waals surface area contributed by atoms with Crippen LogP contribution in [0.5, 0.6) is 5.75 Å². The van der Waals surface area contributed by atoms with Crippen molar-refractivity contribution in [3.05, 3.63) is 69.4 Å². The number of halogens is 5. The van der Waals surface area contributed by atoms with Crippen LogP contribution in [-0.4, -0.2) is 16.1 Å². The quantitative estimate of drug-likeness (QED) is 0.511. The number of aromatic nitrogens is 1. The molecule has 2 aromatic carbocycles. The summed E-state index contributed by atoms with van der Waals surface area (Å²) >= 11 is 6.64. The third-order valence-corrected chi connectivity index (χ3v) is 5.06. The number of alkyl halides is 3. The molecular formula is C18H10ClF4NO3S. The standard InChI is InChI=1S/C18H10ClF4NO3S/c19-11-2-1-3-12(20)14(11)27-8-13-15(17(25)26)28-16(24-13)9-4-6-10(7-5-9)18(21,22)23/h1-7H,8H2,(H,25,26). The second kappa shape index (κ2) is 7.76. The van der Waals surface area contributed by atoms with E-state index in [1.54, 1.807) is 0 Å². The highest BCUT2D eigenvalue weighted by molar-refractivity contribution is 7.17. The van der Waals surface area contributed by atoms with Crippen LogP contribution in [0.4, 0.5) is 17.6 Å². The summed E-state index contributed by atoms with van der Waals surface area (Å²) in [6, 6.07) is 8.09. The van der Waals surface area contributed by atoms with E-state index in [0.717, 1.165) is 29.5 Å². The zero-order chi connectivity index (χ0) is 20.5. The lowest BCUT2D eigenvalue weighted by atomic mass is 10.1. The molecule has 0 amide bonds. The Morgan fingerprint density at radius 2 is 1.86 bits per heavy atom. The van der Waals surface area contributed by atoms with E-state index in [2.05, 4.69) is 4.98 Å². The smallest absolute Gasteiger partial charge is 0.416 e. The van der Waals surface area contributed by atoms with Crippen LogP contribution in [0.2, 0.25) is 5.02 Å². The number of aromatic carboxylic acids is 1. The van der Waals surface area contributed by atoms with Gasteiger partial charge in [-0.1, -0.05) is 29.8 Å². The number of hydrogen-bond donors (Lipinski definition) is 1. The maximum absolute atomic E-state index is 13.8. The van der Waals surface area contributed by atoms with Crippen molar-refractivity contribution in [1.82, 2.24) is 4.98 Å². The van der Waals surface area contributed by atoms with Crippen LogP contribution in [0.15, 0.2) is 42.5 Å². The highest BCUT2D eigenvalue weighted by atomic mass is 35.5. The molecule has 3 rings (SSSR count). The molecule has 0 spiro atoms. The van der Waals surface area contributed by atoms with Gasteiger partial charge in [0.2, 0.25) is 0 Å². The number of para-hydroxylation sites is 1. The van der Waals surface area contributed by atoms with Crippen molar-refractivity contribution >= 4 is 28.9 Å². The average molecular weight is 432 g/mol. The molecule has 28 heavy (non-hydrogen) atoms. The molecule has 1 heterocycles. The fourth-order valence-corrected chi connectivity index (χ4v) is 3.43. The summed E-state index contributed by atoms with van der Waals surface area (Å²) < 4.78 is 57.1. The van der Waals surface area contributed by atoms with Crippen LogP contribution in [0.1, 0.15) is 20.9 Å². The molecule has 0 bridgehead atoms. The van der Waals surface area contributed by atoms with E-state index in [1.807, 2.05) is 0 Å². The normalized spacial score (nSPS) is 11.5. The number of hydrogen-bond acceptors (Lipinski definition) is 4. The van der Waals surface area contributed by atoms with Crippen LogP contribution < -0.4 is 4.74 Å². The minimum absolute atomic E-state index is 0.00622. The Bertz CT molecular complexity index is 998. The highest BCUT2D eigenvalue weighted by Crippen LogP contribution is 2.34. The summed E-state index contributed by atoms with van der Waals surface area (Å²) in [5.74, 6) is -2.25. The van der Waals surface area contributed by atoms with Gasteiger partial charge in [-0.3, -0.25) is 0 Å². The van der Waals surface area contributed by atoms with Crippen molar-refractivity contribution in [3.63, 3.8) is 0 Å². The lowest BCUT2D eigenvalue weighted by molar-refractivity contribution is -0.137. The molecule has 0 aliphatic rings. The van der Waals surface area contributed by atoms with E-state index in [0.29, 0.717) is 5.56 Å². The van der Waals surface area contributed by atoms with Crippen molar-refractivity contribution in [1.29, 1.82) is 0 Å². The Morgan fingerprint density at radius 1 is 1.18 bits per heavy atom.